The van der Waals surface area contributed by atoms with Crippen LogP contribution >= 0.6 is 0 Å². The number of rotatable bonds is 6. The van der Waals surface area contributed by atoms with E-state index < -0.39 is 5.97 Å². The minimum atomic E-state index is -0.722. The fourth-order valence-electron chi connectivity index (χ4n) is 2.23. The van der Waals surface area contributed by atoms with E-state index in [1.165, 1.54) is 5.56 Å². The van der Waals surface area contributed by atoms with Crippen molar-refractivity contribution in [2.24, 2.45) is 5.92 Å². The van der Waals surface area contributed by atoms with Gasteiger partial charge in [0.25, 0.3) is 0 Å². The molecule has 1 aromatic carbocycles. The largest absolute Gasteiger partial charge is 0.481 e. The molecular formula is C17H19NO2. The first-order valence-electron chi connectivity index (χ1n) is 6.87. The van der Waals surface area contributed by atoms with Gasteiger partial charge in [-0.05, 0) is 42.5 Å². The maximum atomic E-state index is 10.7. The standard InChI is InChI=1S/C17H19NO2/c1-13(11-17(19)20)8-9-14-5-4-6-15(12-14)16-7-2-3-10-18-16/h2-7,10,12-13H,8-9,11H2,1H3,(H,19,20). The number of benzene rings is 1. The molecule has 2 rings (SSSR count). The lowest BCUT2D eigenvalue weighted by Crippen LogP contribution is -2.05. The van der Waals surface area contributed by atoms with Gasteiger partial charge >= 0.3 is 5.97 Å². The van der Waals surface area contributed by atoms with Crippen molar-refractivity contribution in [1.29, 1.82) is 0 Å². The van der Waals surface area contributed by atoms with Crippen molar-refractivity contribution in [3.63, 3.8) is 0 Å². The molecule has 2 aromatic rings. The van der Waals surface area contributed by atoms with Gasteiger partial charge in [0.2, 0.25) is 0 Å². The Hall–Kier alpha value is -2.16. The van der Waals surface area contributed by atoms with Crippen molar-refractivity contribution < 1.29 is 9.90 Å². The Bertz CT molecular complexity index is 566. The molecule has 1 aromatic heterocycles. The molecule has 1 heterocycles. The van der Waals surface area contributed by atoms with E-state index in [2.05, 4.69) is 17.1 Å². The molecule has 1 N–H and O–H groups in total. The van der Waals surface area contributed by atoms with Crippen molar-refractivity contribution in [1.82, 2.24) is 4.98 Å². The van der Waals surface area contributed by atoms with Crippen molar-refractivity contribution in [2.75, 3.05) is 0 Å². The molecule has 0 fully saturated rings. The number of carbonyl (C=O) groups is 1. The second-order valence-electron chi connectivity index (χ2n) is 5.16. The molecule has 0 radical (unpaired) electrons. The van der Waals surface area contributed by atoms with E-state index in [4.69, 9.17) is 5.11 Å². The Morgan fingerprint density at radius 3 is 2.80 bits per heavy atom. The summed E-state index contributed by atoms with van der Waals surface area (Å²) in [5, 5.41) is 8.77. The highest BCUT2D eigenvalue weighted by molar-refractivity contribution is 5.66. The maximum Gasteiger partial charge on any atom is 0.303 e. The van der Waals surface area contributed by atoms with E-state index in [-0.39, 0.29) is 12.3 Å². The SMILES string of the molecule is CC(CCc1cccc(-c2ccccn2)c1)CC(=O)O. The van der Waals surface area contributed by atoms with E-state index in [1.54, 1.807) is 6.20 Å². The smallest absolute Gasteiger partial charge is 0.303 e. The summed E-state index contributed by atoms with van der Waals surface area (Å²) in [5.74, 6) is -0.522. The number of hydrogen-bond donors (Lipinski definition) is 1. The van der Waals surface area contributed by atoms with Crippen LogP contribution in [-0.4, -0.2) is 16.1 Å². The lowest BCUT2D eigenvalue weighted by atomic mass is 9.97. The molecule has 0 spiro atoms. The molecule has 3 heteroatoms. The number of hydrogen-bond acceptors (Lipinski definition) is 2. The molecule has 0 saturated heterocycles. The zero-order valence-electron chi connectivity index (χ0n) is 11.6. The fraction of sp³-hybridized carbons (Fsp3) is 0.294. The summed E-state index contributed by atoms with van der Waals surface area (Å²) in [7, 11) is 0. The Kier molecular flexibility index (Phi) is 4.88. The van der Waals surface area contributed by atoms with E-state index in [0.717, 1.165) is 24.1 Å². The average Bonchev–Trinajstić information content (AvgIpc) is 2.46. The zero-order chi connectivity index (χ0) is 14.4. The minimum Gasteiger partial charge on any atom is -0.481 e. The molecule has 0 saturated carbocycles. The van der Waals surface area contributed by atoms with E-state index in [1.807, 2.05) is 37.3 Å². The number of aliphatic carboxylic acids is 1. The van der Waals surface area contributed by atoms with Crippen LogP contribution in [0.15, 0.2) is 48.7 Å². The highest BCUT2D eigenvalue weighted by Crippen LogP contribution is 2.20. The molecular weight excluding hydrogens is 250 g/mol. The third kappa shape index (κ3) is 4.19. The van der Waals surface area contributed by atoms with Crippen LogP contribution < -0.4 is 0 Å². The van der Waals surface area contributed by atoms with Gasteiger partial charge in [-0.25, -0.2) is 0 Å². The predicted octanol–water partition coefficient (Wildman–Crippen LogP) is 3.79. The molecule has 1 unspecified atom stereocenters. The van der Waals surface area contributed by atoms with Crippen LogP contribution in [0.4, 0.5) is 0 Å². The highest BCUT2D eigenvalue weighted by atomic mass is 16.4. The second kappa shape index (κ2) is 6.85. The van der Waals surface area contributed by atoms with Gasteiger partial charge in [0, 0.05) is 18.2 Å². The number of aromatic nitrogens is 1. The third-order valence-corrected chi connectivity index (χ3v) is 3.34. The van der Waals surface area contributed by atoms with Crippen LogP contribution in [0.25, 0.3) is 11.3 Å². The molecule has 3 nitrogen and oxygen atoms in total. The topological polar surface area (TPSA) is 50.2 Å². The minimum absolute atomic E-state index is 0.200. The van der Waals surface area contributed by atoms with E-state index in [9.17, 15) is 4.79 Å². The van der Waals surface area contributed by atoms with Gasteiger partial charge in [-0.1, -0.05) is 31.2 Å². The normalized spacial score (nSPS) is 12.1. The number of pyridine rings is 1. The lowest BCUT2D eigenvalue weighted by molar-refractivity contribution is -0.138. The van der Waals surface area contributed by atoms with Crippen LogP contribution in [0, 0.1) is 5.92 Å². The summed E-state index contributed by atoms with van der Waals surface area (Å²) in [6.45, 7) is 1.98. The second-order valence-corrected chi connectivity index (χ2v) is 5.16. The Morgan fingerprint density at radius 1 is 1.25 bits per heavy atom. The van der Waals surface area contributed by atoms with Crippen molar-refractivity contribution in [3.05, 3.63) is 54.2 Å². The molecule has 0 aliphatic rings. The van der Waals surface area contributed by atoms with Gasteiger partial charge in [-0.15, -0.1) is 0 Å². The van der Waals surface area contributed by atoms with Crippen molar-refractivity contribution >= 4 is 5.97 Å². The molecule has 20 heavy (non-hydrogen) atoms. The van der Waals surface area contributed by atoms with Gasteiger partial charge in [-0.2, -0.15) is 0 Å². The summed E-state index contributed by atoms with van der Waals surface area (Å²) in [4.78, 5) is 15.0. The number of carboxylic acids is 1. The van der Waals surface area contributed by atoms with Crippen LogP contribution in [-0.2, 0) is 11.2 Å². The summed E-state index contributed by atoms with van der Waals surface area (Å²) in [5.41, 5.74) is 3.30. The summed E-state index contributed by atoms with van der Waals surface area (Å²) in [6, 6.07) is 14.2. The molecule has 0 amide bonds. The summed E-state index contributed by atoms with van der Waals surface area (Å²) < 4.78 is 0. The highest BCUT2D eigenvalue weighted by Gasteiger charge is 2.08. The number of nitrogens with zero attached hydrogens (tertiary/aromatic N) is 1. The van der Waals surface area contributed by atoms with Gasteiger partial charge in [-0.3, -0.25) is 9.78 Å². The Labute approximate surface area is 119 Å². The van der Waals surface area contributed by atoms with Gasteiger partial charge in [0.1, 0.15) is 0 Å². The van der Waals surface area contributed by atoms with Crippen molar-refractivity contribution in [3.8, 4) is 11.3 Å². The first-order chi connectivity index (χ1) is 9.65. The Balaban J connectivity index is 2.02. The molecule has 0 aliphatic carbocycles. The number of carboxylic acid groups (broad SMARTS) is 1. The third-order valence-electron chi connectivity index (χ3n) is 3.34. The van der Waals surface area contributed by atoms with Crippen LogP contribution in [0.1, 0.15) is 25.3 Å². The molecule has 104 valence electrons. The van der Waals surface area contributed by atoms with Gasteiger partial charge < -0.3 is 5.11 Å². The van der Waals surface area contributed by atoms with E-state index in [0.29, 0.717) is 0 Å². The quantitative estimate of drug-likeness (QED) is 0.868. The first-order valence-corrected chi connectivity index (χ1v) is 6.87. The van der Waals surface area contributed by atoms with Gasteiger partial charge in [0.15, 0.2) is 0 Å². The lowest BCUT2D eigenvalue weighted by Gasteiger charge is -2.09. The average molecular weight is 269 g/mol. The Morgan fingerprint density at radius 2 is 2.10 bits per heavy atom. The van der Waals surface area contributed by atoms with Crippen LogP contribution in [0.5, 0.6) is 0 Å². The molecule has 0 aliphatic heterocycles. The monoisotopic (exact) mass is 269 g/mol. The number of aryl methyl sites for hydroxylation is 1. The fourth-order valence-corrected chi connectivity index (χ4v) is 2.23. The molecule has 1 atom stereocenters. The van der Waals surface area contributed by atoms with E-state index >= 15 is 0 Å². The zero-order valence-corrected chi connectivity index (χ0v) is 11.6. The van der Waals surface area contributed by atoms with Crippen molar-refractivity contribution in [2.45, 2.75) is 26.2 Å². The van der Waals surface area contributed by atoms with Crippen LogP contribution in [0.2, 0.25) is 0 Å². The summed E-state index contributed by atoms with van der Waals surface area (Å²) in [6.07, 6.45) is 3.81. The van der Waals surface area contributed by atoms with Crippen LogP contribution in [0.3, 0.4) is 0 Å². The first kappa shape index (κ1) is 14.3. The summed E-state index contributed by atoms with van der Waals surface area (Å²) >= 11 is 0. The maximum absolute atomic E-state index is 10.7. The predicted molar refractivity (Wildman–Crippen MR) is 79.4 cm³/mol. The molecule has 0 bridgehead atoms. The van der Waals surface area contributed by atoms with Gasteiger partial charge in [0.05, 0.1) is 5.69 Å².